The molecule has 2 heterocycles. The summed E-state index contributed by atoms with van der Waals surface area (Å²) in [4.78, 5) is 30.6. The molecule has 1 N–H and O–H groups in total. The van der Waals surface area contributed by atoms with Gasteiger partial charge in [-0.2, -0.15) is 0 Å². The molecule has 1 atom stereocenters. The van der Waals surface area contributed by atoms with E-state index in [9.17, 15) is 9.59 Å². The van der Waals surface area contributed by atoms with Gasteiger partial charge in [0.05, 0.1) is 6.04 Å². The maximum absolute atomic E-state index is 13.4. The van der Waals surface area contributed by atoms with Crippen LogP contribution >= 0.6 is 0 Å². The van der Waals surface area contributed by atoms with Crippen LogP contribution in [0.2, 0.25) is 0 Å². The smallest absolute Gasteiger partial charge is 0.253 e. The predicted octanol–water partition coefficient (Wildman–Crippen LogP) is 3.36. The summed E-state index contributed by atoms with van der Waals surface area (Å²) in [6, 6.07) is 13.4. The average molecular weight is 464 g/mol. The molecule has 5 rings (SSSR count). The molecule has 1 aliphatic carbocycles. The van der Waals surface area contributed by atoms with Gasteiger partial charge in [0.15, 0.2) is 11.5 Å². The summed E-state index contributed by atoms with van der Waals surface area (Å²) in [6.07, 6.45) is 4.54. The number of nitrogens with one attached hydrogen (secondary N) is 1. The molecular weight excluding hydrogens is 430 g/mol. The second-order valence-electron chi connectivity index (χ2n) is 9.59. The Morgan fingerprint density at radius 2 is 1.76 bits per heavy atom. The lowest BCUT2D eigenvalue weighted by atomic mass is 9.94. The molecule has 7 nitrogen and oxygen atoms in total. The highest BCUT2D eigenvalue weighted by Crippen LogP contribution is 2.33. The predicted molar refractivity (Wildman–Crippen MR) is 129 cm³/mol. The molecule has 180 valence electrons. The van der Waals surface area contributed by atoms with Gasteiger partial charge in [0.1, 0.15) is 0 Å². The van der Waals surface area contributed by atoms with Crippen molar-refractivity contribution >= 4 is 11.8 Å². The van der Waals surface area contributed by atoms with Crippen LogP contribution in [0.25, 0.3) is 0 Å². The topological polar surface area (TPSA) is 71.1 Å². The molecule has 1 saturated heterocycles. The highest BCUT2D eigenvalue weighted by Gasteiger charge is 2.37. The molecule has 0 aromatic heterocycles. The lowest BCUT2D eigenvalue weighted by Gasteiger charge is -2.40. The summed E-state index contributed by atoms with van der Waals surface area (Å²) >= 11 is 0. The van der Waals surface area contributed by atoms with Gasteiger partial charge in [-0.1, -0.05) is 36.6 Å². The van der Waals surface area contributed by atoms with Crippen molar-refractivity contribution in [1.82, 2.24) is 15.1 Å². The third-order valence-corrected chi connectivity index (χ3v) is 7.28. The normalized spacial score (nSPS) is 19.3. The van der Waals surface area contributed by atoms with E-state index in [1.54, 1.807) is 0 Å². The van der Waals surface area contributed by atoms with Crippen molar-refractivity contribution in [3.8, 4) is 11.5 Å². The SMILES string of the molecule is Cc1cccc(C(=O)N2CCN(C(C(=O)NCc3ccc4c(c3)OCO4)C3CCCC3)CC2)c1. The molecule has 2 aromatic carbocycles. The Labute approximate surface area is 201 Å². The van der Waals surface area contributed by atoms with Crippen LogP contribution in [0.3, 0.4) is 0 Å². The van der Waals surface area contributed by atoms with Gasteiger partial charge in [-0.25, -0.2) is 0 Å². The molecular formula is C27H33N3O4. The number of hydrogen-bond donors (Lipinski definition) is 1. The van der Waals surface area contributed by atoms with Gasteiger partial charge < -0.3 is 19.7 Å². The first-order valence-electron chi connectivity index (χ1n) is 12.3. The highest BCUT2D eigenvalue weighted by atomic mass is 16.7. The number of benzene rings is 2. The molecule has 2 amide bonds. The van der Waals surface area contributed by atoms with Crippen LogP contribution in [0.1, 0.15) is 47.2 Å². The minimum absolute atomic E-state index is 0.0769. The lowest BCUT2D eigenvalue weighted by molar-refractivity contribution is -0.129. The lowest BCUT2D eigenvalue weighted by Crippen LogP contribution is -2.57. The van der Waals surface area contributed by atoms with E-state index >= 15 is 0 Å². The fourth-order valence-electron chi connectivity index (χ4n) is 5.46. The second kappa shape index (κ2) is 10.1. The van der Waals surface area contributed by atoms with Crippen molar-refractivity contribution in [3.63, 3.8) is 0 Å². The average Bonchev–Trinajstić information content (AvgIpc) is 3.55. The summed E-state index contributed by atoms with van der Waals surface area (Å²) in [5.41, 5.74) is 2.82. The van der Waals surface area contributed by atoms with Gasteiger partial charge in [0, 0.05) is 38.3 Å². The van der Waals surface area contributed by atoms with Crippen LogP contribution in [0.4, 0.5) is 0 Å². The Morgan fingerprint density at radius 3 is 2.53 bits per heavy atom. The number of carbonyl (C=O) groups excluding carboxylic acids is 2. The molecule has 0 bridgehead atoms. The molecule has 0 spiro atoms. The molecule has 2 aromatic rings. The van der Waals surface area contributed by atoms with Gasteiger partial charge in [-0.15, -0.1) is 0 Å². The van der Waals surface area contributed by atoms with E-state index in [1.807, 2.05) is 54.3 Å². The number of piperazine rings is 1. The third-order valence-electron chi connectivity index (χ3n) is 7.28. The fourth-order valence-corrected chi connectivity index (χ4v) is 5.46. The summed E-state index contributed by atoms with van der Waals surface area (Å²) in [5, 5.41) is 3.17. The van der Waals surface area contributed by atoms with E-state index in [2.05, 4.69) is 10.2 Å². The van der Waals surface area contributed by atoms with Crippen LogP contribution in [-0.4, -0.2) is 60.6 Å². The molecule has 34 heavy (non-hydrogen) atoms. The van der Waals surface area contributed by atoms with E-state index < -0.39 is 0 Å². The van der Waals surface area contributed by atoms with Crippen molar-refractivity contribution < 1.29 is 19.1 Å². The maximum atomic E-state index is 13.4. The Balaban J connectivity index is 1.22. The van der Waals surface area contributed by atoms with Gasteiger partial charge in [-0.05, 0) is 55.5 Å². The zero-order chi connectivity index (χ0) is 23.5. The summed E-state index contributed by atoms with van der Waals surface area (Å²) in [7, 11) is 0. The number of hydrogen-bond acceptors (Lipinski definition) is 5. The van der Waals surface area contributed by atoms with E-state index in [0.717, 1.165) is 54.1 Å². The Bertz CT molecular complexity index is 1040. The number of nitrogens with zero attached hydrogens (tertiary/aromatic N) is 2. The largest absolute Gasteiger partial charge is 0.454 e. The molecule has 2 aliphatic heterocycles. The number of rotatable bonds is 6. The number of fused-ring (bicyclic) bond motifs is 1. The van der Waals surface area contributed by atoms with Crippen LogP contribution in [0.15, 0.2) is 42.5 Å². The molecule has 1 unspecified atom stereocenters. The van der Waals surface area contributed by atoms with E-state index in [4.69, 9.17) is 9.47 Å². The van der Waals surface area contributed by atoms with Gasteiger partial charge in [0.2, 0.25) is 12.7 Å². The number of ether oxygens (including phenoxy) is 2. The number of aryl methyl sites for hydroxylation is 1. The van der Waals surface area contributed by atoms with Gasteiger partial charge >= 0.3 is 0 Å². The Morgan fingerprint density at radius 1 is 1.00 bits per heavy atom. The zero-order valence-electron chi connectivity index (χ0n) is 19.8. The Hall–Kier alpha value is -3.06. The summed E-state index contributed by atoms with van der Waals surface area (Å²) in [6.45, 7) is 5.43. The molecule has 1 saturated carbocycles. The van der Waals surface area contributed by atoms with Crippen LogP contribution in [0.5, 0.6) is 11.5 Å². The van der Waals surface area contributed by atoms with E-state index in [1.165, 1.54) is 12.8 Å². The molecule has 2 fully saturated rings. The van der Waals surface area contributed by atoms with Crippen molar-refractivity contribution in [2.75, 3.05) is 33.0 Å². The van der Waals surface area contributed by atoms with Crippen molar-refractivity contribution in [1.29, 1.82) is 0 Å². The summed E-state index contributed by atoms with van der Waals surface area (Å²) in [5.74, 6) is 2.01. The quantitative estimate of drug-likeness (QED) is 0.711. The zero-order valence-corrected chi connectivity index (χ0v) is 19.8. The first kappa shape index (κ1) is 22.7. The van der Waals surface area contributed by atoms with Crippen LogP contribution in [-0.2, 0) is 11.3 Å². The van der Waals surface area contributed by atoms with Crippen LogP contribution < -0.4 is 14.8 Å². The number of carbonyl (C=O) groups is 2. The van der Waals surface area contributed by atoms with E-state index in [0.29, 0.717) is 25.6 Å². The monoisotopic (exact) mass is 463 g/mol. The first-order chi connectivity index (χ1) is 16.6. The standard InChI is InChI=1S/C27H33N3O4/c1-19-5-4-8-22(15-19)27(32)30-13-11-29(12-14-30)25(21-6-2-3-7-21)26(31)28-17-20-9-10-23-24(16-20)34-18-33-23/h4-5,8-10,15-16,21,25H,2-3,6-7,11-14,17-18H2,1H3,(H,28,31). The van der Waals surface area contributed by atoms with Crippen molar-refractivity contribution in [3.05, 3.63) is 59.2 Å². The van der Waals surface area contributed by atoms with Crippen molar-refractivity contribution in [2.24, 2.45) is 5.92 Å². The highest BCUT2D eigenvalue weighted by molar-refractivity contribution is 5.94. The summed E-state index contributed by atoms with van der Waals surface area (Å²) < 4.78 is 10.8. The number of amides is 2. The van der Waals surface area contributed by atoms with Gasteiger partial charge in [-0.3, -0.25) is 14.5 Å². The minimum atomic E-state index is -0.146. The molecule has 3 aliphatic rings. The maximum Gasteiger partial charge on any atom is 0.253 e. The van der Waals surface area contributed by atoms with E-state index in [-0.39, 0.29) is 24.6 Å². The Kier molecular flexibility index (Phi) is 6.72. The van der Waals surface area contributed by atoms with Crippen molar-refractivity contribution in [2.45, 2.75) is 45.2 Å². The molecule has 0 radical (unpaired) electrons. The first-order valence-corrected chi connectivity index (χ1v) is 12.3. The third kappa shape index (κ3) is 4.89. The fraction of sp³-hybridized carbons (Fsp3) is 0.481. The second-order valence-corrected chi connectivity index (χ2v) is 9.59. The minimum Gasteiger partial charge on any atom is -0.454 e. The molecule has 7 heteroatoms. The van der Waals surface area contributed by atoms with Gasteiger partial charge in [0.25, 0.3) is 5.91 Å². The van der Waals surface area contributed by atoms with Crippen LogP contribution in [0, 0.1) is 12.8 Å².